The molecule has 1 heterocycles. The van der Waals surface area contributed by atoms with Gasteiger partial charge in [0.05, 0.1) is 4.75 Å². The smallest absolute Gasteiger partial charge is 0.410 e. The van der Waals surface area contributed by atoms with Gasteiger partial charge in [0.15, 0.2) is 0 Å². The van der Waals surface area contributed by atoms with Gasteiger partial charge in [-0.05, 0) is 54.9 Å². The zero-order valence-corrected chi connectivity index (χ0v) is 20.3. The van der Waals surface area contributed by atoms with Gasteiger partial charge in [-0.1, -0.05) is 91.0 Å². The molecule has 0 saturated carbocycles. The summed E-state index contributed by atoms with van der Waals surface area (Å²) in [5, 5.41) is 2.26. The Kier molecular flexibility index (Phi) is 6.94. The van der Waals surface area contributed by atoms with Gasteiger partial charge in [-0.3, -0.25) is 0 Å². The summed E-state index contributed by atoms with van der Waals surface area (Å²) < 4.78 is 5.18. The Bertz CT molecular complexity index is 992. The Labute approximate surface area is 201 Å². The number of benzene rings is 3. The molecule has 0 bridgehead atoms. The fourth-order valence-corrected chi connectivity index (χ4v) is 5.51. The van der Waals surface area contributed by atoms with Gasteiger partial charge < -0.3 is 9.64 Å². The minimum Gasteiger partial charge on any atom is -0.444 e. The Hall–Kier alpha value is -2.98. The number of thioether (sulfide) groups is 1. The third kappa shape index (κ3) is 5.33. The van der Waals surface area contributed by atoms with Crippen LogP contribution in [-0.4, -0.2) is 29.7 Å². The molecule has 170 valence electrons. The molecule has 1 aliphatic rings. The molecule has 1 saturated heterocycles. The van der Waals surface area contributed by atoms with Crippen LogP contribution in [-0.2, 0) is 9.48 Å². The van der Waals surface area contributed by atoms with E-state index in [0.29, 0.717) is 13.1 Å². The van der Waals surface area contributed by atoms with E-state index in [9.17, 15) is 4.79 Å². The van der Waals surface area contributed by atoms with Gasteiger partial charge >= 0.3 is 6.09 Å². The SMILES string of the molecule is CC(C)(C)OC(=O)N1CCC(=CSC(c2ccccc2)(c2ccccc2)c2ccccc2)C1. The number of nitrogens with zero attached hydrogens (tertiary/aromatic N) is 1. The molecule has 3 nitrogen and oxygen atoms in total. The number of ether oxygens (including phenoxy) is 1. The third-order valence-electron chi connectivity index (χ3n) is 5.69. The lowest BCUT2D eigenvalue weighted by molar-refractivity contribution is 0.0299. The fraction of sp³-hybridized carbons (Fsp3) is 0.276. The summed E-state index contributed by atoms with van der Waals surface area (Å²) >= 11 is 1.81. The van der Waals surface area contributed by atoms with E-state index in [-0.39, 0.29) is 6.09 Å². The van der Waals surface area contributed by atoms with Crippen molar-refractivity contribution in [1.29, 1.82) is 0 Å². The van der Waals surface area contributed by atoms with E-state index in [4.69, 9.17) is 4.74 Å². The van der Waals surface area contributed by atoms with Crippen LogP contribution in [0.2, 0.25) is 0 Å². The van der Waals surface area contributed by atoms with Crippen molar-refractivity contribution in [2.45, 2.75) is 37.5 Å². The van der Waals surface area contributed by atoms with Crippen LogP contribution in [0.4, 0.5) is 4.79 Å². The van der Waals surface area contributed by atoms with Crippen molar-refractivity contribution >= 4 is 17.9 Å². The molecule has 0 aromatic heterocycles. The van der Waals surface area contributed by atoms with Crippen molar-refractivity contribution in [2.24, 2.45) is 0 Å². The van der Waals surface area contributed by atoms with Crippen LogP contribution < -0.4 is 0 Å². The van der Waals surface area contributed by atoms with Gasteiger partial charge in [0.25, 0.3) is 0 Å². The van der Waals surface area contributed by atoms with E-state index in [1.165, 1.54) is 22.3 Å². The summed E-state index contributed by atoms with van der Waals surface area (Å²) in [5.74, 6) is 0. The number of carbonyl (C=O) groups is 1. The summed E-state index contributed by atoms with van der Waals surface area (Å²) in [7, 11) is 0. The predicted molar refractivity (Wildman–Crippen MR) is 137 cm³/mol. The van der Waals surface area contributed by atoms with Crippen LogP contribution in [0.1, 0.15) is 43.9 Å². The molecule has 0 N–H and O–H groups in total. The number of amides is 1. The van der Waals surface area contributed by atoms with E-state index in [0.717, 1.165) is 6.42 Å². The van der Waals surface area contributed by atoms with Crippen molar-refractivity contribution < 1.29 is 9.53 Å². The molecule has 4 heteroatoms. The zero-order chi connectivity index (χ0) is 23.3. The minimum absolute atomic E-state index is 0.239. The summed E-state index contributed by atoms with van der Waals surface area (Å²) in [4.78, 5) is 14.3. The van der Waals surface area contributed by atoms with Crippen molar-refractivity contribution in [3.63, 3.8) is 0 Å². The molecule has 1 aliphatic heterocycles. The van der Waals surface area contributed by atoms with Crippen molar-refractivity contribution in [3.05, 3.63) is 119 Å². The Morgan fingerprint density at radius 1 is 0.818 bits per heavy atom. The van der Waals surface area contributed by atoms with Crippen LogP contribution in [0.3, 0.4) is 0 Å². The van der Waals surface area contributed by atoms with Crippen molar-refractivity contribution in [3.8, 4) is 0 Å². The molecular formula is C29H31NO2S. The highest BCUT2D eigenvalue weighted by Gasteiger charge is 2.37. The summed E-state index contributed by atoms with van der Waals surface area (Å²) in [6.07, 6.45) is 0.622. The zero-order valence-electron chi connectivity index (χ0n) is 19.5. The summed E-state index contributed by atoms with van der Waals surface area (Å²) in [5.41, 5.74) is 4.45. The highest BCUT2D eigenvalue weighted by atomic mass is 32.2. The van der Waals surface area contributed by atoms with Crippen LogP contribution in [0.25, 0.3) is 0 Å². The summed E-state index contributed by atoms with van der Waals surface area (Å²) in [6.45, 7) is 7.01. The Morgan fingerprint density at radius 3 is 1.70 bits per heavy atom. The molecule has 0 aliphatic carbocycles. The number of rotatable bonds is 5. The monoisotopic (exact) mass is 457 g/mol. The first-order valence-corrected chi connectivity index (χ1v) is 12.3. The molecule has 0 atom stereocenters. The number of carbonyl (C=O) groups excluding carboxylic acids is 1. The number of hydrogen-bond acceptors (Lipinski definition) is 3. The van der Waals surface area contributed by atoms with Gasteiger partial charge in [-0.25, -0.2) is 4.79 Å². The van der Waals surface area contributed by atoms with E-state index in [1.807, 2.05) is 32.5 Å². The fourth-order valence-electron chi connectivity index (χ4n) is 4.15. The maximum absolute atomic E-state index is 12.5. The molecule has 0 radical (unpaired) electrons. The van der Waals surface area contributed by atoms with Crippen LogP contribution >= 0.6 is 11.8 Å². The first-order chi connectivity index (χ1) is 15.9. The van der Waals surface area contributed by atoms with E-state index >= 15 is 0 Å². The normalized spacial score (nSPS) is 15.6. The maximum Gasteiger partial charge on any atom is 0.410 e. The van der Waals surface area contributed by atoms with Crippen LogP contribution in [0.5, 0.6) is 0 Å². The van der Waals surface area contributed by atoms with Crippen molar-refractivity contribution in [2.75, 3.05) is 13.1 Å². The van der Waals surface area contributed by atoms with E-state index in [2.05, 4.69) is 96.4 Å². The topological polar surface area (TPSA) is 29.5 Å². The Balaban J connectivity index is 1.71. The van der Waals surface area contributed by atoms with Gasteiger partial charge in [0, 0.05) is 13.1 Å². The third-order valence-corrected chi connectivity index (χ3v) is 7.20. The highest BCUT2D eigenvalue weighted by Crippen LogP contribution is 2.49. The average molecular weight is 458 g/mol. The molecule has 33 heavy (non-hydrogen) atoms. The van der Waals surface area contributed by atoms with Gasteiger partial charge in [-0.15, -0.1) is 11.8 Å². The lowest BCUT2D eigenvalue weighted by Crippen LogP contribution is -2.34. The van der Waals surface area contributed by atoms with Crippen LogP contribution in [0, 0.1) is 0 Å². The molecule has 1 fully saturated rings. The molecule has 1 amide bonds. The second-order valence-electron chi connectivity index (χ2n) is 9.33. The summed E-state index contributed by atoms with van der Waals surface area (Å²) in [6, 6.07) is 32.0. The largest absolute Gasteiger partial charge is 0.444 e. The molecule has 0 spiro atoms. The quantitative estimate of drug-likeness (QED) is 0.378. The Morgan fingerprint density at radius 2 is 1.27 bits per heavy atom. The predicted octanol–water partition coefficient (Wildman–Crippen LogP) is 7.24. The molecule has 3 aromatic rings. The molecule has 4 rings (SSSR count). The van der Waals surface area contributed by atoms with Gasteiger partial charge in [0.1, 0.15) is 5.60 Å². The standard InChI is InChI=1S/C29H31NO2S/c1-28(2,3)32-27(31)30-20-19-23(21-30)22-33-29(24-13-7-4-8-14-24,25-15-9-5-10-16-25)26-17-11-6-12-18-26/h4-18,22H,19-21H2,1-3H3. The van der Waals surface area contributed by atoms with Crippen LogP contribution in [0.15, 0.2) is 102 Å². The maximum atomic E-state index is 12.5. The first kappa shape index (κ1) is 23.2. The van der Waals surface area contributed by atoms with E-state index in [1.54, 1.807) is 4.90 Å². The first-order valence-electron chi connectivity index (χ1n) is 11.4. The lowest BCUT2D eigenvalue weighted by atomic mass is 9.84. The molecular weight excluding hydrogens is 426 g/mol. The van der Waals surface area contributed by atoms with Gasteiger partial charge in [0.2, 0.25) is 0 Å². The highest BCUT2D eigenvalue weighted by molar-refractivity contribution is 8.03. The van der Waals surface area contributed by atoms with Gasteiger partial charge in [-0.2, -0.15) is 0 Å². The van der Waals surface area contributed by atoms with Crippen molar-refractivity contribution in [1.82, 2.24) is 4.90 Å². The average Bonchev–Trinajstić information content (AvgIpc) is 3.30. The second-order valence-corrected chi connectivity index (χ2v) is 10.4. The minimum atomic E-state index is -0.485. The lowest BCUT2D eigenvalue weighted by Gasteiger charge is -2.34. The van der Waals surface area contributed by atoms with E-state index < -0.39 is 10.3 Å². The molecule has 0 unspecified atom stereocenters. The second kappa shape index (κ2) is 9.88. The molecule has 3 aromatic carbocycles. The number of likely N-dealkylation sites (tertiary alicyclic amines) is 1. The number of hydrogen-bond donors (Lipinski definition) is 0.